The zero-order chi connectivity index (χ0) is 53.9. The van der Waals surface area contributed by atoms with Gasteiger partial charge in [0.05, 0.1) is 54.2 Å². The van der Waals surface area contributed by atoms with Crippen molar-refractivity contribution in [2.75, 3.05) is 113 Å². The Balaban J connectivity index is 0.000000168. The first-order chi connectivity index (χ1) is 37.7. The number of hydrogen-bond acceptors (Lipinski definition) is 15. The number of nitrogens with zero attached hydrogens (tertiary/aromatic N) is 3. The van der Waals surface area contributed by atoms with Crippen molar-refractivity contribution in [2.45, 2.75) is 56.8 Å². The number of rotatable bonds is 26. The number of aryl methyl sites for hydroxylation is 6. The molecular formula is C62H79N3O12. The number of phenolic OH excluding ortho intramolecular Hbond substituents is 1. The van der Waals surface area contributed by atoms with Crippen molar-refractivity contribution in [3.8, 4) is 34.5 Å². The molecule has 6 aromatic carbocycles. The summed E-state index contributed by atoms with van der Waals surface area (Å²) in [6.45, 7) is 9.11. The molecule has 0 aromatic heterocycles. The van der Waals surface area contributed by atoms with Crippen molar-refractivity contribution in [1.82, 2.24) is 14.7 Å². The molecule has 4 N–H and O–H groups in total. The molecule has 0 amide bonds. The molecule has 3 aliphatic rings. The fourth-order valence-electron chi connectivity index (χ4n) is 9.16. The summed E-state index contributed by atoms with van der Waals surface area (Å²) in [6, 6.07) is 47.5. The Labute approximate surface area is 455 Å². The Kier molecular flexibility index (Phi) is 24.7. The van der Waals surface area contributed by atoms with Crippen molar-refractivity contribution < 1.29 is 58.3 Å². The third kappa shape index (κ3) is 20.9. The standard InChI is InChI=1S/2C21H27NO4.C20H25NO4/c2*1-24-20-7-4-5-17(13-20)9-10-18-6-2-3-8-21(18)26-15-19(23)14-22-11-12-25-16-22;22-18-6-3-4-16(12-18)8-9-17-5-1-2-7-20(17)25-14-19(23)13-21-10-11-24-15-21/h2*2-8,13,19,23H,9-12,14-16H2,1H3;1-7,12,19,22-23H,8-11,13-15H2/t19-;;19-/m1.0/s1. The van der Waals surface area contributed by atoms with Crippen LogP contribution in [0, 0.1) is 0 Å². The summed E-state index contributed by atoms with van der Waals surface area (Å²) < 4.78 is 44.1. The number of benzene rings is 6. The van der Waals surface area contributed by atoms with Gasteiger partial charge >= 0.3 is 0 Å². The molecule has 3 atom stereocenters. The second-order valence-electron chi connectivity index (χ2n) is 19.4. The SMILES string of the molecule is COc1cccc(CCc2ccccc2OCC(O)CN2CCOC2)c1.COc1cccc(CCc2ccccc2OC[C@H](O)CN2CCOC2)c1.Oc1cccc(CCc2ccccc2OC[C@@H](O)CN2CCOC2)c1. The van der Waals surface area contributed by atoms with E-state index >= 15 is 0 Å². The van der Waals surface area contributed by atoms with Gasteiger partial charge in [-0.25, -0.2) is 0 Å². The first kappa shape index (κ1) is 58.4. The van der Waals surface area contributed by atoms with Gasteiger partial charge in [0.1, 0.15) is 72.6 Å². The number of para-hydroxylation sites is 3. The maximum absolute atomic E-state index is 10.2. The predicted octanol–water partition coefficient (Wildman–Crippen LogP) is 7.23. The van der Waals surface area contributed by atoms with Gasteiger partial charge in [0.25, 0.3) is 0 Å². The maximum Gasteiger partial charge on any atom is 0.122 e. The molecule has 77 heavy (non-hydrogen) atoms. The third-order valence-corrected chi connectivity index (χ3v) is 13.3. The average molecular weight is 1060 g/mol. The average Bonchev–Trinajstić information content (AvgIpc) is 4.30. The fourth-order valence-corrected chi connectivity index (χ4v) is 9.16. The summed E-state index contributed by atoms with van der Waals surface area (Å²) in [5.74, 6) is 4.52. The summed E-state index contributed by atoms with van der Waals surface area (Å²) in [5, 5.41) is 40.1. The zero-order valence-electron chi connectivity index (χ0n) is 44.8. The summed E-state index contributed by atoms with van der Waals surface area (Å²) in [6.07, 6.45) is 3.61. The first-order valence-electron chi connectivity index (χ1n) is 26.8. The van der Waals surface area contributed by atoms with Crippen LogP contribution in [-0.4, -0.2) is 167 Å². The molecule has 0 radical (unpaired) electrons. The normalized spacial score (nSPS) is 15.9. The van der Waals surface area contributed by atoms with Crippen LogP contribution in [0.3, 0.4) is 0 Å². The molecule has 3 aliphatic heterocycles. The summed E-state index contributed by atoms with van der Waals surface area (Å²) in [7, 11) is 3.36. The lowest BCUT2D eigenvalue weighted by Gasteiger charge is -2.19. The van der Waals surface area contributed by atoms with Crippen molar-refractivity contribution in [2.24, 2.45) is 0 Å². The van der Waals surface area contributed by atoms with Crippen LogP contribution < -0.4 is 23.7 Å². The largest absolute Gasteiger partial charge is 0.508 e. The van der Waals surface area contributed by atoms with Gasteiger partial charge in [-0.3, -0.25) is 14.7 Å². The Hall–Kier alpha value is -6.24. The number of hydrogen-bond donors (Lipinski definition) is 4. The van der Waals surface area contributed by atoms with Gasteiger partial charge in [-0.2, -0.15) is 0 Å². The van der Waals surface area contributed by atoms with Crippen LogP contribution >= 0.6 is 0 Å². The van der Waals surface area contributed by atoms with Crippen LogP contribution in [-0.2, 0) is 52.7 Å². The van der Waals surface area contributed by atoms with Gasteiger partial charge in [0.15, 0.2) is 0 Å². The van der Waals surface area contributed by atoms with E-state index in [1.165, 1.54) is 11.1 Å². The van der Waals surface area contributed by atoms with Gasteiger partial charge < -0.3 is 58.3 Å². The first-order valence-corrected chi connectivity index (χ1v) is 26.8. The van der Waals surface area contributed by atoms with Crippen LogP contribution in [0.1, 0.15) is 33.4 Å². The maximum atomic E-state index is 10.2. The molecule has 414 valence electrons. The third-order valence-electron chi connectivity index (χ3n) is 13.3. The van der Waals surface area contributed by atoms with Crippen LogP contribution in [0.15, 0.2) is 146 Å². The molecule has 0 aliphatic carbocycles. The Morgan fingerprint density at radius 3 is 1.08 bits per heavy atom. The number of phenols is 1. The van der Waals surface area contributed by atoms with Gasteiger partial charge in [0.2, 0.25) is 0 Å². The topological polar surface area (TPSA) is 164 Å². The van der Waals surface area contributed by atoms with Crippen molar-refractivity contribution in [1.29, 1.82) is 0 Å². The molecular weight excluding hydrogens is 979 g/mol. The highest BCUT2D eigenvalue weighted by Crippen LogP contribution is 2.25. The summed E-state index contributed by atoms with van der Waals surface area (Å²) >= 11 is 0. The lowest BCUT2D eigenvalue weighted by Crippen LogP contribution is -2.34. The highest BCUT2D eigenvalue weighted by atomic mass is 16.5. The molecule has 9 rings (SSSR count). The van der Waals surface area contributed by atoms with Crippen LogP contribution in [0.5, 0.6) is 34.5 Å². The minimum Gasteiger partial charge on any atom is -0.508 e. The molecule has 1 unspecified atom stereocenters. The number of aliphatic hydroxyl groups excluding tert-OH is 3. The molecule has 0 saturated carbocycles. The van der Waals surface area contributed by atoms with Gasteiger partial charge in [-0.05, 0) is 127 Å². The molecule has 3 saturated heterocycles. The van der Waals surface area contributed by atoms with Crippen LogP contribution in [0.4, 0.5) is 0 Å². The van der Waals surface area contributed by atoms with E-state index in [0.29, 0.717) is 39.8 Å². The van der Waals surface area contributed by atoms with Crippen molar-refractivity contribution in [3.05, 3.63) is 179 Å². The number of β-amino-alcohol motifs (C(OH)–C–C–N with tert-alkyl or cyclic N) is 3. The number of methoxy groups -OCH3 is 2. The quantitative estimate of drug-likeness (QED) is 0.0430. The Morgan fingerprint density at radius 1 is 0.416 bits per heavy atom. The highest BCUT2D eigenvalue weighted by molar-refractivity contribution is 5.38. The molecule has 15 nitrogen and oxygen atoms in total. The minimum atomic E-state index is -0.541. The molecule has 0 spiro atoms. The second kappa shape index (κ2) is 32.5. The molecule has 3 heterocycles. The summed E-state index contributed by atoms with van der Waals surface area (Å²) in [4.78, 5) is 6.24. The highest BCUT2D eigenvalue weighted by Gasteiger charge is 2.20. The van der Waals surface area contributed by atoms with E-state index in [2.05, 4.69) is 51.1 Å². The van der Waals surface area contributed by atoms with E-state index < -0.39 is 18.3 Å². The monoisotopic (exact) mass is 1060 g/mol. The van der Waals surface area contributed by atoms with E-state index in [1.54, 1.807) is 26.4 Å². The zero-order valence-corrected chi connectivity index (χ0v) is 44.8. The number of aromatic hydroxyl groups is 1. The van der Waals surface area contributed by atoms with Crippen LogP contribution in [0.2, 0.25) is 0 Å². The van der Waals surface area contributed by atoms with Crippen molar-refractivity contribution in [3.63, 3.8) is 0 Å². The van der Waals surface area contributed by atoms with E-state index in [0.717, 1.165) is 129 Å². The smallest absolute Gasteiger partial charge is 0.122 e. The van der Waals surface area contributed by atoms with E-state index in [4.69, 9.17) is 37.9 Å². The van der Waals surface area contributed by atoms with E-state index in [9.17, 15) is 20.4 Å². The van der Waals surface area contributed by atoms with Crippen molar-refractivity contribution >= 4 is 0 Å². The summed E-state index contributed by atoms with van der Waals surface area (Å²) in [5.41, 5.74) is 6.94. The van der Waals surface area contributed by atoms with E-state index in [1.807, 2.05) is 97.1 Å². The second-order valence-corrected chi connectivity index (χ2v) is 19.4. The predicted molar refractivity (Wildman–Crippen MR) is 297 cm³/mol. The Morgan fingerprint density at radius 2 is 0.753 bits per heavy atom. The van der Waals surface area contributed by atoms with Gasteiger partial charge in [0, 0.05) is 39.3 Å². The van der Waals surface area contributed by atoms with Crippen LogP contribution in [0.25, 0.3) is 0 Å². The fraction of sp³-hybridized carbons (Fsp3) is 0.419. The lowest BCUT2D eigenvalue weighted by molar-refractivity contribution is 0.0565. The van der Waals surface area contributed by atoms with Gasteiger partial charge in [-0.1, -0.05) is 91.0 Å². The lowest BCUT2D eigenvalue weighted by atomic mass is 10.0. The molecule has 3 fully saturated rings. The molecule has 15 heteroatoms. The number of ether oxygens (including phenoxy) is 8. The van der Waals surface area contributed by atoms with E-state index in [-0.39, 0.29) is 25.6 Å². The molecule has 0 bridgehead atoms. The minimum absolute atomic E-state index is 0.264. The van der Waals surface area contributed by atoms with Gasteiger partial charge in [-0.15, -0.1) is 0 Å². The Bertz CT molecular complexity index is 2480. The molecule has 6 aromatic rings. The number of aliphatic hydroxyl groups is 3.